The van der Waals surface area contributed by atoms with Gasteiger partial charge in [-0.05, 0) is 11.5 Å². The van der Waals surface area contributed by atoms with Crippen molar-refractivity contribution in [2.75, 3.05) is 6.54 Å². The summed E-state index contributed by atoms with van der Waals surface area (Å²) in [5.41, 5.74) is -0.799. The van der Waals surface area contributed by atoms with Gasteiger partial charge in [0.2, 0.25) is 0 Å². The second-order valence-electron chi connectivity index (χ2n) is 4.78. The van der Waals surface area contributed by atoms with Crippen molar-refractivity contribution in [2.45, 2.75) is 32.7 Å². The highest BCUT2D eigenvalue weighted by molar-refractivity contribution is 5.66. The van der Waals surface area contributed by atoms with Crippen LogP contribution in [-0.4, -0.2) is 34.6 Å². The molecule has 0 fully saturated rings. The summed E-state index contributed by atoms with van der Waals surface area (Å²) < 4.78 is 27.2. The summed E-state index contributed by atoms with van der Waals surface area (Å²) in [6.07, 6.45) is 0.678. The van der Waals surface area contributed by atoms with Crippen LogP contribution in [-0.2, 0) is 0 Å². The van der Waals surface area contributed by atoms with Gasteiger partial charge in [-0.2, -0.15) is 8.78 Å². The first kappa shape index (κ1) is 11.9. The molecular formula is C10H15F2NO2. The van der Waals surface area contributed by atoms with E-state index in [2.05, 4.69) is 0 Å². The highest BCUT2D eigenvalue weighted by atomic mass is 19.3. The smallest absolute Gasteiger partial charge is 0.408 e. The molecule has 1 unspecified atom stereocenters. The van der Waals surface area contributed by atoms with E-state index in [1.165, 1.54) is 6.08 Å². The maximum Gasteiger partial charge on any atom is 0.408 e. The molecule has 1 amide bonds. The van der Waals surface area contributed by atoms with E-state index in [4.69, 9.17) is 5.11 Å². The van der Waals surface area contributed by atoms with Crippen molar-refractivity contribution in [3.63, 3.8) is 0 Å². The van der Waals surface area contributed by atoms with Crippen LogP contribution in [0.1, 0.15) is 20.8 Å². The summed E-state index contributed by atoms with van der Waals surface area (Å²) in [6.45, 7) is 4.86. The second-order valence-corrected chi connectivity index (χ2v) is 4.78. The Bertz CT molecular complexity index is 294. The monoisotopic (exact) mass is 219 g/mol. The molecule has 0 spiro atoms. The van der Waals surface area contributed by atoms with Gasteiger partial charge in [0.25, 0.3) is 5.92 Å². The Labute approximate surface area is 87.4 Å². The highest BCUT2D eigenvalue weighted by Crippen LogP contribution is 2.39. The van der Waals surface area contributed by atoms with Gasteiger partial charge in [0, 0.05) is 6.54 Å². The van der Waals surface area contributed by atoms with Gasteiger partial charge in [0.15, 0.2) is 0 Å². The fourth-order valence-corrected chi connectivity index (χ4v) is 1.96. The van der Waals surface area contributed by atoms with Gasteiger partial charge in [-0.1, -0.05) is 26.8 Å². The maximum absolute atomic E-state index is 13.6. The second kappa shape index (κ2) is 3.47. The van der Waals surface area contributed by atoms with Crippen molar-refractivity contribution in [1.82, 2.24) is 4.90 Å². The first-order chi connectivity index (χ1) is 6.66. The van der Waals surface area contributed by atoms with Gasteiger partial charge in [0.1, 0.15) is 6.04 Å². The molecule has 86 valence electrons. The van der Waals surface area contributed by atoms with E-state index >= 15 is 0 Å². The summed E-state index contributed by atoms with van der Waals surface area (Å²) in [7, 11) is 0. The zero-order valence-electron chi connectivity index (χ0n) is 9.00. The Morgan fingerprint density at radius 2 is 2.07 bits per heavy atom. The van der Waals surface area contributed by atoms with Crippen molar-refractivity contribution in [3.8, 4) is 0 Å². The number of hydrogen-bond donors (Lipinski definition) is 1. The lowest BCUT2D eigenvalue weighted by atomic mass is 9.80. The van der Waals surface area contributed by atoms with Crippen LogP contribution in [0.25, 0.3) is 0 Å². The molecule has 1 aliphatic rings. The molecular weight excluding hydrogens is 204 g/mol. The summed E-state index contributed by atoms with van der Waals surface area (Å²) in [5, 5.41) is 8.86. The van der Waals surface area contributed by atoms with Gasteiger partial charge in [-0.25, -0.2) is 4.79 Å². The predicted molar refractivity (Wildman–Crippen MR) is 52.1 cm³/mol. The molecule has 0 aromatic heterocycles. The highest BCUT2D eigenvalue weighted by Gasteiger charge is 2.51. The Morgan fingerprint density at radius 3 is 2.40 bits per heavy atom. The van der Waals surface area contributed by atoms with E-state index in [-0.39, 0.29) is 6.54 Å². The van der Waals surface area contributed by atoms with Crippen LogP contribution in [0.15, 0.2) is 12.2 Å². The largest absolute Gasteiger partial charge is 0.465 e. The zero-order valence-corrected chi connectivity index (χ0v) is 9.00. The molecule has 1 N–H and O–H groups in total. The van der Waals surface area contributed by atoms with E-state index in [1.54, 1.807) is 20.8 Å². The lowest BCUT2D eigenvalue weighted by Crippen LogP contribution is -2.58. The summed E-state index contributed by atoms with van der Waals surface area (Å²) >= 11 is 0. The number of alkyl halides is 2. The van der Waals surface area contributed by atoms with Crippen LogP contribution in [0.4, 0.5) is 13.6 Å². The number of halogens is 2. The first-order valence-electron chi connectivity index (χ1n) is 4.71. The van der Waals surface area contributed by atoms with E-state index in [0.717, 1.165) is 11.0 Å². The van der Waals surface area contributed by atoms with Crippen molar-refractivity contribution >= 4 is 6.09 Å². The van der Waals surface area contributed by atoms with Crippen molar-refractivity contribution in [3.05, 3.63) is 12.2 Å². The fraction of sp³-hybridized carbons (Fsp3) is 0.700. The van der Waals surface area contributed by atoms with E-state index < -0.39 is 23.5 Å². The van der Waals surface area contributed by atoms with E-state index in [9.17, 15) is 13.6 Å². The van der Waals surface area contributed by atoms with Crippen LogP contribution in [0.5, 0.6) is 0 Å². The molecule has 5 heteroatoms. The van der Waals surface area contributed by atoms with Crippen molar-refractivity contribution < 1.29 is 18.7 Å². The number of nitrogens with zero attached hydrogens (tertiary/aromatic N) is 1. The number of carbonyl (C=O) groups is 1. The van der Waals surface area contributed by atoms with Gasteiger partial charge >= 0.3 is 6.09 Å². The third kappa shape index (κ3) is 2.27. The third-order valence-corrected chi connectivity index (χ3v) is 2.38. The van der Waals surface area contributed by atoms with Crippen LogP contribution in [0.3, 0.4) is 0 Å². The fourth-order valence-electron chi connectivity index (χ4n) is 1.96. The number of hydrogen-bond acceptors (Lipinski definition) is 1. The van der Waals surface area contributed by atoms with Crippen molar-refractivity contribution in [2.24, 2.45) is 5.41 Å². The predicted octanol–water partition coefficient (Wildman–Crippen LogP) is 2.59. The number of rotatable bonds is 0. The van der Waals surface area contributed by atoms with Gasteiger partial charge in [-0.3, -0.25) is 4.90 Å². The minimum Gasteiger partial charge on any atom is -0.465 e. The zero-order chi connectivity index (χ0) is 11.9. The molecule has 1 rings (SSSR count). The van der Waals surface area contributed by atoms with Gasteiger partial charge < -0.3 is 5.11 Å². The SMILES string of the molecule is CC(C)(C)C1N(C(=O)O)CC=CC1(F)F. The molecule has 3 nitrogen and oxygen atoms in total. The maximum atomic E-state index is 13.6. The Hall–Kier alpha value is -1.13. The van der Waals surface area contributed by atoms with Crippen LogP contribution in [0.2, 0.25) is 0 Å². The molecule has 0 radical (unpaired) electrons. The van der Waals surface area contributed by atoms with Gasteiger partial charge in [0.05, 0.1) is 0 Å². The van der Waals surface area contributed by atoms with E-state index in [0.29, 0.717) is 0 Å². The molecule has 0 bridgehead atoms. The molecule has 0 aromatic carbocycles. The molecule has 1 atom stereocenters. The molecule has 0 saturated heterocycles. The summed E-state index contributed by atoms with van der Waals surface area (Å²) in [6, 6.07) is -1.31. The third-order valence-electron chi connectivity index (χ3n) is 2.38. The molecule has 1 heterocycles. The number of amides is 1. The lowest BCUT2D eigenvalue weighted by Gasteiger charge is -2.43. The van der Waals surface area contributed by atoms with E-state index in [1.807, 2.05) is 0 Å². The summed E-state index contributed by atoms with van der Waals surface area (Å²) in [4.78, 5) is 11.6. The minimum absolute atomic E-state index is 0.0207. The topological polar surface area (TPSA) is 40.5 Å². The molecule has 15 heavy (non-hydrogen) atoms. The van der Waals surface area contributed by atoms with Crippen LogP contribution < -0.4 is 0 Å². The van der Waals surface area contributed by atoms with Crippen LogP contribution >= 0.6 is 0 Å². The van der Waals surface area contributed by atoms with Crippen LogP contribution in [0, 0.1) is 5.41 Å². The van der Waals surface area contributed by atoms with Crippen molar-refractivity contribution in [1.29, 1.82) is 0 Å². The normalized spacial score (nSPS) is 25.4. The number of carboxylic acid groups (broad SMARTS) is 1. The lowest BCUT2D eigenvalue weighted by molar-refractivity contribution is -0.0810. The average Bonchev–Trinajstić information content (AvgIpc) is 1.98. The average molecular weight is 219 g/mol. The Kier molecular flexibility index (Phi) is 2.76. The molecule has 0 aromatic rings. The standard InChI is InChI=1S/C10H15F2NO2/c1-9(2,3)7-10(11,12)5-4-6-13(7)8(14)15/h4-5,7H,6H2,1-3H3,(H,14,15). The van der Waals surface area contributed by atoms with Gasteiger partial charge in [-0.15, -0.1) is 0 Å². The Morgan fingerprint density at radius 1 is 1.53 bits per heavy atom. The summed E-state index contributed by atoms with van der Waals surface area (Å²) in [5.74, 6) is -3.10. The quantitative estimate of drug-likeness (QED) is 0.636. The molecule has 0 aliphatic carbocycles. The minimum atomic E-state index is -3.10. The molecule has 0 saturated carbocycles. The Balaban J connectivity index is 3.12. The first-order valence-corrected chi connectivity index (χ1v) is 4.71. The molecule has 1 aliphatic heterocycles.